The lowest BCUT2D eigenvalue weighted by molar-refractivity contribution is -0.121. The van der Waals surface area contributed by atoms with Crippen LogP contribution < -0.4 is 14.8 Å². The fraction of sp³-hybridized carbons (Fsp3) is 0.435. The van der Waals surface area contributed by atoms with E-state index in [0.717, 1.165) is 49.9 Å². The Bertz CT molecular complexity index is 833. The predicted octanol–water partition coefficient (Wildman–Crippen LogP) is 2.54. The minimum Gasteiger partial charge on any atom is -0.486 e. The molecule has 2 heterocycles. The number of nitrogens with one attached hydrogen (secondary N) is 1. The molecule has 2 aromatic rings. The molecular formula is C23H28N2O4. The fourth-order valence-corrected chi connectivity index (χ4v) is 3.67. The zero-order valence-electron chi connectivity index (χ0n) is 16.7. The first-order valence-electron chi connectivity index (χ1n) is 10.3. The van der Waals surface area contributed by atoms with E-state index >= 15 is 0 Å². The lowest BCUT2D eigenvalue weighted by Crippen LogP contribution is -2.36. The number of carbonyl (C=O) groups excluding carboxylic acids is 1. The number of fused-ring (bicyclic) bond motifs is 1. The Hall–Kier alpha value is -2.57. The minimum atomic E-state index is 0.0565. The van der Waals surface area contributed by atoms with Crippen molar-refractivity contribution in [2.24, 2.45) is 0 Å². The maximum atomic E-state index is 12.4. The van der Waals surface area contributed by atoms with E-state index < -0.39 is 0 Å². The molecule has 6 nitrogen and oxygen atoms in total. The largest absolute Gasteiger partial charge is 0.486 e. The van der Waals surface area contributed by atoms with Gasteiger partial charge in [0.1, 0.15) is 13.2 Å². The van der Waals surface area contributed by atoms with Crippen LogP contribution in [0.25, 0.3) is 0 Å². The van der Waals surface area contributed by atoms with Crippen molar-refractivity contribution >= 4 is 5.91 Å². The molecule has 1 N–H and O–H groups in total. The van der Waals surface area contributed by atoms with Gasteiger partial charge in [-0.05, 0) is 35.2 Å². The van der Waals surface area contributed by atoms with Crippen molar-refractivity contribution in [2.45, 2.75) is 25.9 Å². The van der Waals surface area contributed by atoms with Gasteiger partial charge in [-0.2, -0.15) is 0 Å². The van der Waals surface area contributed by atoms with Crippen LogP contribution in [0.15, 0.2) is 42.5 Å². The maximum Gasteiger partial charge on any atom is 0.220 e. The van der Waals surface area contributed by atoms with Crippen LogP contribution in [0.5, 0.6) is 11.5 Å². The number of amides is 1. The summed E-state index contributed by atoms with van der Waals surface area (Å²) in [4.78, 5) is 14.8. The van der Waals surface area contributed by atoms with Gasteiger partial charge >= 0.3 is 0 Å². The summed E-state index contributed by atoms with van der Waals surface area (Å²) in [5.74, 6) is 1.61. The van der Waals surface area contributed by atoms with E-state index in [2.05, 4.69) is 28.4 Å². The van der Waals surface area contributed by atoms with Gasteiger partial charge in [-0.25, -0.2) is 0 Å². The van der Waals surface area contributed by atoms with Crippen molar-refractivity contribution in [3.63, 3.8) is 0 Å². The lowest BCUT2D eigenvalue weighted by atomic mass is 10.1. The van der Waals surface area contributed by atoms with E-state index in [-0.39, 0.29) is 5.91 Å². The van der Waals surface area contributed by atoms with Crippen LogP contribution in [0.3, 0.4) is 0 Å². The molecule has 4 rings (SSSR count). The monoisotopic (exact) mass is 396 g/mol. The molecule has 0 spiro atoms. The molecule has 0 aliphatic carbocycles. The second-order valence-corrected chi connectivity index (χ2v) is 7.41. The third-order valence-electron chi connectivity index (χ3n) is 5.34. The van der Waals surface area contributed by atoms with Crippen molar-refractivity contribution in [2.75, 3.05) is 39.5 Å². The van der Waals surface area contributed by atoms with Gasteiger partial charge in [-0.15, -0.1) is 0 Å². The molecule has 0 unspecified atom stereocenters. The smallest absolute Gasteiger partial charge is 0.220 e. The second-order valence-electron chi connectivity index (χ2n) is 7.41. The van der Waals surface area contributed by atoms with Gasteiger partial charge < -0.3 is 19.5 Å². The van der Waals surface area contributed by atoms with Gasteiger partial charge in [0, 0.05) is 32.6 Å². The Kier molecular flexibility index (Phi) is 6.64. The molecule has 2 aliphatic heterocycles. The van der Waals surface area contributed by atoms with E-state index in [1.807, 2.05) is 24.3 Å². The van der Waals surface area contributed by atoms with Crippen molar-refractivity contribution < 1.29 is 19.0 Å². The first-order chi connectivity index (χ1) is 14.3. The zero-order chi connectivity index (χ0) is 19.9. The Labute approximate surface area is 171 Å². The predicted molar refractivity (Wildman–Crippen MR) is 110 cm³/mol. The molecule has 0 saturated carbocycles. The first kappa shape index (κ1) is 19.7. The van der Waals surface area contributed by atoms with Crippen molar-refractivity contribution in [3.8, 4) is 11.5 Å². The average molecular weight is 396 g/mol. The number of nitrogens with zero attached hydrogens (tertiary/aromatic N) is 1. The SMILES string of the molecule is O=C(CCc1ccc2c(c1)OCCO2)NCc1ccccc1CN1CCOCC1. The van der Waals surface area contributed by atoms with Crippen LogP contribution in [0.4, 0.5) is 0 Å². The number of hydrogen-bond acceptors (Lipinski definition) is 5. The van der Waals surface area contributed by atoms with Crippen LogP contribution in [0.1, 0.15) is 23.1 Å². The molecule has 0 bridgehead atoms. The quantitative estimate of drug-likeness (QED) is 0.779. The maximum absolute atomic E-state index is 12.4. The van der Waals surface area contributed by atoms with Gasteiger partial charge in [0.2, 0.25) is 5.91 Å². The van der Waals surface area contributed by atoms with Gasteiger partial charge in [0.05, 0.1) is 13.2 Å². The van der Waals surface area contributed by atoms with Gasteiger partial charge in [0.15, 0.2) is 11.5 Å². The van der Waals surface area contributed by atoms with E-state index in [9.17, 15) is 4.79 Å². The molecule has 2 aliphatic rings. The lowest BCUT2D eigenvalue weighted by Gasteiger charge is -2.27. The summed E-state index contributed by atoms with van der Waals surface area (Å²) in [6, 6.07) is 14.2. The van der Waals surface area contributed by atoms with Gasteiger partial charge in [0.25, 0.3) is 0 Å². The highest BCUT2D eigenvalue weighted by atomic mass is 16.6. The van der Waals surface area contributed by atoms with E-state index in [1.165, 1.54) is 11.1 Å². The molecule has 6 heteroatoms. The van der Waals surface area contributed by atoms with Crippen molar-refractivity contribution in [1.82, 2.24) is 10.2 Å². The molecule has 0 radical (unpaired) electrons. The number of ether oxygens (including phenoxy) is 3. The molecule has 29 heavy (non-hydrogen) atoms. The Balaban J connectivity index is 1.27. The number of hydrogen-bond donors (Lipinski definition) is 1. The van der Waals surface area contributed by atoms with Gasteiger partial charge in [-0.3, -0.25) is 9.69 Å². The summed E-state index contributed by atoms with van der Waals surface area (Å²) in [6.45, 7) is 6.10. The highest BCUT2D eigenvalue weighted by Crippen LogP contribution is 2.31. The van der Waals surface area contributed by atoms with Crippen LogP contribution in [-0.4, -0.2) is 50.3 Å². The highest BCUT2D eigenvalue weighted by molar-refractivity contribution is 5.76. The molecule has 1 saturated heterocycles. The molecule has 154 valence electrons. The second kappa shape index (κ2) is 9.76. The van der Waals surface area contributed by atoms with E-state index in [1.54, 1.807) is 0 Å². The third-order valence-corrected chi connectivity index (χ3v) is 5.34. The number of rotatable bonds is 7. The number of aryl methyl sites for hydroxylation is 1. The molecular weight excluding hydrogens is 368 g/mol. The number of morpholine rings is 1. The summed E-state index contributed by atoms with van der Waals surface area (Å²) in [7, 11) is 0. The molecule has 1 amide bonds. The van der Waals surface area contributed by atoms with E-state index in [0.29, 0.717) is 32.6 Å². The minimum absolute atomic E-state index is 0.0565. The van der Waals surface area contributed by atoms with Crippen LogP contribution >= 0.6 is 0 Å². The topological polar surface area (TPSA) is 60.0 Å². The molecule has 0 aromatic heterocycles. The summed E-state index contributed by atoms with van der Waals surface area (Å²) in [6.07, 6.45) is 1.13. The Morgan fingerprint density at radius 2 is 1.69 bits per heavy atom. The van der Waals surface area contributed by atoms with Crippen LogP contribution in [0.2, 0.25) is 0 Å². The third kappa shape index (κ3) is 5.49. The standard InChI is InChI=1S/C23H28N2O4/c26-23(8-6-18-5-7-21-22(15-18)29-14-13-28-21)24-16-19-3-1-2-4-20(19)17-25-9-11-27-12-10-25/h1-5,7,15H,6,8-14,16-17H2,(H,24,26). The van der Waals surface area contributed by atoms with Crippen LogP contribution in [-0.2, 0) is 29.0 Å². The Morgan fingerprint density at radius 1 is 0.931 bits per heavy atom. The fourth-order valence-electron chi connectivity index (χ4n) is 3.67. The van der Waals surface area contributed by atoms with Crippen molar-refractivity contribution in [3.05, 3.63) is 59.2 Å². The summed E-state index contributed by atoms with van der Waals surface area (Å²) >= 11 is 0. The molecule has 0 atom stereocenters. The summed E-state index contributed by atoms with van der Waals surface area (Å²) in [5, 5.41) is 3.07. The average Bonchev–Trinajstić information content (AvgIpc) is 2.77. The molecule has 1 fully saturated rings. The first-order valence-corrected chi connectivity index (χ1v) is 10.3. The zero-order valence-corrected chi connectivity index (χ0v) is 16.7. The number of carbonyl (C=O) groups is 1. The summed E-state index contributed by atoms with van der Waals surface area (Å²) in [5.41, 5.74) is 3.52. The van der Waals surface area contributed by atoms with E-state index in [4.69, 9.17) is 14.2 Å². The highest BCUT2D eigenvalue weighted by Gasteiger charge is 2.14. The van der Waals surface area contributed by atoms with Crippen molar-refractivity contribution in [1.29, 1.82) is 0 Å². The number of benzene rings is 2. The molecule has 2 aromatic carbocycles. The summed E-state index contributed by atoms with van der Waals surface area (Å²) < 4.78 is 16.6. The normalized spacial score (nSPS) is 16.4. The Morgan fingerprint density at radius 3 is 2.52 bits per heavy atom. The van der Waals surface area contributed by atoms with Gasteiger partial charge in [-0.1, -0.05) is 30.3 Å². The van der Waals surface area contributed by atoms with Crippen LogP contribution in [0, 0.1) is 0 Å².